The molecular weight excluding hydrogens is 338 g/mol. The van der Waals surface area contributed by atoms with Gasteiger partial charge in [-0.15, -0.1) is 0 Å². The fraction of sp³-hybridized carbons (Fsp3) is 0.500. The summed E-state index contributed by atoms with van der Waals surface area (Å²) in [5.74, 6) is -0.388. The highest BCUT2D eigenvalue weighted by Crippen LogP contribution is 2.26. The SMILES string of the molecule is CCOC(=O)[C@@H]1CCCN(CC(=O)Nc2nc3ccc(C)cc3s2)C1. The maximum Gasteiger partial charge on any atom is 0.310 e. The molecule has 1 aromatic heterocycles. The van der Waals surface area contributed by atoms with Gasteiger partial charge in [-0.25, -0.2) is 4.98 Å². The Balaban J connectivity index is 1.57. The third kappa shape index (κ3) is 4.55. The van der Waals surface area contributed by atoms with E-state index in [1.807, 2.05) is 30.9 Å². The van der Waals surface area contributed by atoms with E-state index in [0.717, 1.165) is 29.6 Å². The number of hydrogen-bond acceptors (Lipinski definition) is 6. The van der Waals surface area contributed by atoms with E-state index in [2.05, 4.69) is 16.4 Å². The molecule has 6 nitrogen and oxygen atoms in total. The Hall–Kier alpha value is -1.99. The number of carbonyl (C=O) groups is 2. The number of aromatic nitrogens is 1. The van der Waals surface area contributed by atoms with Crippen LogP contribution in [0, 0.1) is 12.8 Å². The van der Waals surface area contributed by atoms with Crippen LogP contribution in [0.15, 0.2) is 18.2 Å². The van der Waals surface area contributed by atoms with Crippen LogP contribution < -0.4 is 5.32 Å². The van der Waals surface area contributed by atoms with Crippen molar-refractivity contribution in [3.8, 4) is 0 Å². The molecule has 25 heavy (non-hydrogen) atoms. The number of thiazole rings is 1. The van der Waals surface area contributed by atoms with Crippen LogP contribution in [0.1, 0.15) is 25.3 Å². The highest BCUT2D eigenvalue weighted by molar-refractivity contribution is 7.22. The number of likely N-dealkylation sites (tertiary alicyclic amines) is 1. The summed E-state index contributed by atoms with van der Waals surface area (Å²) < 4.78 is 6.16. The standard InChI is InChI=1S/C18H23N3O3S/c1-3-24-17(23)13-5-4-8-21(10-13)11-16(22)20-18-19-14-7-6-12(2)9-15(14)25-18/h6-7,9,13H,3-5,8,10-11H2,1-2H3,(H,19,20,22)/t13-/m1/s1. The number of fused-ring (bicyclic) bond motifs is 1. The van der Waals surface area contributed by atoms with E-state index in [0.29, 0.717) is 18.3 Å². The number of anilines is 1. The average Bonchev–Trinajstić information content (AvgIpc) is 2.96. The van der Waals surface area contributed by atoms with E-state index in [9.17, 15) is 9.59 Å². The van der Waals surface area contributed by atoms with Crippen molar-refractivity contribution in [2.45, 2.75) is 26.7 Å². The van der Waals surface area contributed by atoms with E-state index in [4.69, 9.17) is 4.74 Å². The molecule has 7 heteroatoms. The van der Waals surface area contributed by atoms with Crippen molar-refractivity contribution in [1.82, 2.24) is 9.88 Å². The number of esters is 1. The van der Waals surface area contributed by atoms with Gasteiger partial charge in [0.2, 0.25) is 5.91 Å². The zero-order chi connectivity index (χ0) is 17.8. The van der Waals surface area contributed by atoms with E-state index in [1.54, 1.807) is 0 Å². The van der Waals surface area contributed by atoms with Crippen molar-refractivity contribution in [2.75, 3.05) is 31.6 Å². The van der Waals surface area contributed by atoms with Crippen LogP contribution in [0.4, 0.5) is 5.13 Å². The van der Waals surface area contributed by atoms with Gasteiger partial charge in [0, 0.05) is 6.54 Å². The molecule has 2 aromatic rings. The summed E-state index contributed by atoms with van der Waals surface area (Å²) in [5.41, 5.74) is 2.07. The minimum Gasteiger partial charge on any atom is -0.466 e. The van der Waals surface area contributed by atoms with Crippen molar-refractivity contribution in [2.24, 2.45) is 5.92 Å². The van der Waals surface area contributed by atoms with Crippen LogP contribution in [0.2, 0.25) is 0 Å². The fourth-order valence-electron chi connectivity index (χ4n) is 3.10. The summed E-state index contributed by atoms with van der Waals surface area (Å²) in [7, 11) is 0. The van der Waals surface area contributed by atoms with Gasteiger partial charge in [-0.2, -0.15) is 0 Å². The number of hydrogen-bond donors (Lipinski definition) is 1. The van der Waals surface area contributed by atoms with Crippen LogP contribution in [0.3, 0.4) is 0 Å². The molecule has 0 saturated carbocycles. The molecule has 2 heterocycles. The summed E-state index contributed by atoms with van der Waals surface area (Å²) >= 11 is 1.48. The molecule has 1 aliphatic heterocycles. The number of nitrogens with one attached hydrogen (secondary N) is 1. The summed E-state index contributed by atoms with van der Waals surface area (Å²) in [6.07, 6.45) is 1.73. The lowest BCUT2D eigenvalue weighted by Crippen LogP contribution is -2.43. The minimum absolute atomic E-state index is 0.0970. The zero-order valence-electron chi connectivity index (χ0n) is 14.6. The molecule has 1 aliphatic rings. The van der Waals surface area contributed by atoms with Crippen molar-refractivity contribution >= 4 is 38.6 Å². The normalized spacial score (nSPS) is 18.2. The van der Waals surface area contributed by atoms with Crippen molar-refractivity contribution in [3.05, 3.63) is 23.8 Å². The lowest BCUT2D eigenvalue weighted by Gasteiger charge is -2.30. The van der Waals surface area contributed by atoms with Crippen LogP contribution in [0.5, 0.6) is 0 Å². The maximum absolute atomic E-state index is 12.3. The van der Waals surface area contributed by atoms with Gasteiger partial charge in [0.15, 0.2) is 5.13 Å². The highest BCUT2D eigenvalue weighted by atomic mass is 32.1. The Morgan fingerprint density at radius 1 is 1.44 bits per heavy atom. The number of benzene rings is 1. The predicted molar refractivity (Wildman–Crippen MR) is 98.8 cm³/mol. The molecule has 1 N–H and O–H groups in total. The number of carbonyl (C=O) groups excluding carboxylic acids is 2. The number of amides is 1. The van der Waals surface area contributed by atoms with Crippen molar-refractivity contribution in [3.63, 3.8) is 0 Å². The Labute approximate surface area is 151 Å². The molecule has 1 amide bonds. The van der Waals surface area contributed by atoms with Crippen LogP contribution in [0.25, 0.3) is 10.2 Å². The Morgan fingerprint density at radius 2 is 2.28 bits per heavy atom. The topological polar surface area (TPSA) is 71.5 Å². The van der Waals surface area contributed by atoms with Gasteiger partial charge in [-0.1, -0.05) is 17.4 Å². The lowest BCUT2D eigenvalue weighted by molar-refractivity contribution is -0.150. The van der Waals surface area contributed by atoms with E-state index in [1.165, 1.54) is 16.9 Å². The monoisotopic (exact) mass is 361 g/mol. The summed E-state index contributed by atoms with van der Waals surface area (Å²) in [4.78, 5) is 30.7. The smallest absolute Gasteiger partial charge is 0.310 e. The summed E-state index contributed by atoms with van der Waals surface area (Å²) in [6.45, 7) is 5.91. The molecule has 134 valence electrons. The van der Waals surface area contributed by atoms with Gasteiger partial charge in [-0.05, 0) is 50.9 Å². The molecular formula is C18H23N3O3S. The zero-order valence-corrected chi connectivity index (χ0v) is 15.4. The Kier molecular flexibility index (Phi) is 5.65. The molecule has 1 fully saturated rings. The summed E-state index contributed by atoms with van der Waals surface area (Å²) in [6, 6.07) is 6.04. The summed E-state index contributed by atoms with van der Waals surface area (Å²) in [5, 5.41) is 3.49. The van der Waals surface area contributed by atoms with Crippen molar-refractivity contribution in [1.29, 1.82) is 0 Å². The molecule has 1 atom stereocenters. The van der Waals surface area contributed by atoms with Gasteiger partial charge < -0.3 is 10.1 Å². The van der Waals surface area contributed by atoms with E-state index >= 15 is 0 Å². The van der Waals surface area contributed by atoms with Crippen LogP contribution in [-0.4, -0.2) is 48.0 Å². The minimum atomic E-state index is -0.158. The van der Waals surface area contributed by atoms with Crippen molar-refractivity contribution < 1.29 is 14.3 Å². The molecule has 3 rings (SSSR count). The molecule has 1 aromatic carbocycles. The van der Waals surface area contributed by atoms with Gasteiger partial charge in [0.1, 0.15) is 0 Å². The molecule has 0 bridgehead atoms. The second-order valence-corrected chi connectivity index (χ2v) is 7.40. The lowest BCUT2D eigenvalue weighted by atomic mass is 9.98. The van der Waals surface area contributed by atoms with Crippen LogP contribution in [-0.2, 0) is 14.3 Å². The number of piperidine rings is 1. The number of rotatable bonds is 5. The largest absolute Gasteiger partial charge is 0.466 e. The molecule has 0 unspecified atom stereocenters. The maximum atomic E-state index is 12.3. The number of nitrogens with zero attached hydrogens (tertiary/aromatic N) is 2. The second-order valence-electron chi connectivity index (χ2n) is 6.36. The fourth-order valence-corrected chi connectivity index (χ4v) is 4.08. The van der Waals surface area contributed by atoms with Crippen LogP contribution >= 0.6 is 11.3 Å². The van der Waals surface area contributed by atoms with Gasteiger partial charge >= 0.3 is 5.97 Å². The third-order valence-corrected chi connectivity index (χ3v) is 5.22. The number of aryl methyl sites for hydroxylation is 1. The van der Waals surface area contributed by atoms with Gasteiger partial charge in [0.25, 0.3) is 0 Å². The molecule has 0 radical (unpaired) electrons. The van der Waals surface area contributed by atoms with Gasteiger partial charge in [0.05, 0.1) is 29.3 Å². The first-order valence-electron chi connectivity index (χ1n) is 8.61. The third-order valence-electron chi connectivity index (χ3n) is 4.28. The van der Waals surface area contributed by atoms with E-state index < -0.39 is 0 Å². The second kappa shape index (κ2) is 7.93. The highest BCUT2D eigenvalue weighted by Gasteiger charge is 2.27. The first-order chi connectivity index (χ1) is 12.0. The quantitative estimate of drug-likeness (QED) is 0.829. The number of ether oxygens (including phenoxy) is 1. The van der Waals surface area contributed by atoms with Gasteiger partial charge in [-0.3, -0.25) is 14.5 Å². The molecule has 1 saturated heterocycles. The molecule has 0 spiro atoms. The molecule has 0 aliphatic carbocycles. The predicted octanol–water partition coefficient (Wildman–Crippen LogP) is 2.82. The first-order valence-corrected chi connectivity index (χ1v) is 9.43. The first kappa shape index (κ1) is 17.8. The Bertz CT molecular complexity index is 774. The average molecular weight is 361 g/mol. The van der Waals surface area contributed by atoms with E-state index in [-0.39, 0.29) is 24.3 Å². The Morgan fingerprint density at radius 3 is 3.08 bits per heavy atom.